The summed E-state index contributed by atoms with van der Waals surface area (Å²) in [6, 6.07) is -0.258. The molecular formula is C14H23N3O3S. The highest BCUT2D eigenvalue weighted by Gasteiger charge is 2.30. The van der Waals surface area contributed by atoms with Crippen molar-refractivity contribution in [1.29, 1.82) is 0 Å². The number of hydrogen-bond donors (Lipinski definition) is 2. The fraction of sp³-hybridized carbons (Fsp3) is 0.714. The van der Waals surface area contributed by atoms with Crippen LogP contribution < -0.4 is 5.32 Å². The van der Waals surface area contributed by atoms with Gasteiger partial charge in [0.2, 0.25) is 0 Å². The van der Waals surface area contributed by atoms with E-state index in [1.54, 1.807) is 11.3 Å². The smallest absolute Gasteiger partial charge is 0.407 e. The number of amides is 1. The minimum Gasteiger partial charge on any atom is -0.444 e. The molecule has 1 aromatic rings. The molecule has 1 aromatic heterocycles. The SMILES string of the molecule is CC(C)(C)OC(=O)N[C@H]1CCN(Cc2cscn2)C[C@H]1O. The van der Waals surface area contributed by atoms with E-state index in [2.05, 4.69) is 15.2 Å². The molecule has 2 heterocycles. The number of rotatable bonds is 3. The van der Waals surface area contributed by atoms with Crippen LogP contribution in [0.5, 0.6) is 0 Å². The third kappa shape index (κ3) is 5.26. The first kappa shape index (κ1) is 16.2. The second-order valence-corrected chi connectivity index (χ2v) is 7.04. The van der Waals surface area contributed by atoms with E-state index in [0.29, 0.717) is 13.0 Å². The van der Waals surface area contributed by atoms with Crippen molar-refractivity contribution < 1.29 is 14.6 Å². The molecule has 118 valence electrons. The molecule has 2 rings (SSSR count). The zero-order valence-corrected chi connectivity index (χ0v) is 13.5. The molecule has 21 heavy (non-hydrogen) atoms. The fourth-order valence-corrected chi connectivity index (χ4v) is 2.86. The zero-order valence-electron chi connectivity index (χ0n) is 12.7. The maximum Gasteiger partial charge on any atom is 0.407 e. The number of aliphatic hydroxyl groups excluding tert-OH is 1. The van der Waals surface area contributed by atoms with Gasteiger partial charge in [0.05, 0.1) is 23.4 Å². The number of ether oxygens (including phenoxy) is 1. The van der Waals surface area contributed by atoms with Gasteiger partial charge in [-0.25, -0.2) is 9.78 Å². The number of aliphatic hydroxyl groups is 1. The summed E-state index contributed by atoms with van der Waals surface area (Å²) in [4.78, 5) is 18.1. The summed E-state index contributed by atoms with van der Waals surface area (Å²) in [6.45, 7) is 7.53. The van der Waals surface area contributed by atoms with Crippen molar-refractivity contribution in [1.82, 2.24) is 15.2 Å². The lowest BCUT2D eigenvalue weighted by molar-refractivity contribution is 0.0180. The number of piperidine rings is 1. The largest absolute Gasteiger partial charge is 0.444 e. The second-order valence-electron chi connectivity index (χ2n) is 6.32. The van der Waals surface area contributed by atoms with Gasteiger partial charge in [-0.3, -0.25) is 4.90 Å². The van der Waals surface area contributed by atoms with Gasteiger partial charge in [0.15, 0.2) is 0 Å². The van der Waals surface area contributed by atoms with Crippen LogP contribution in [0.3, 0.4) is 0 Å². The first-order valence-corrected chi connectivity index (χ1v) is 8.05. The lowest BCUT2D eigenvalue weighted by Crippen LogP contribution is -2.54. The number of carbonyl (C=O) groups is 1. The number of nitrogens with one attached hydrogen (secondary N) is 1. The van der Waals surface area contributed by atoms with Crippen LogP contribution in [0, 0.1) is 0 Å². The van der Waals surface area contributed by atoms with Crippen molar-refractivity contribution in [2.75, 3.05) is 13.1 Å². The Morgan fingerprint density at radius 3 is 2.95 bits per heavy atom. The molecule has 1 aliphatic rings. The molecular weight excluding hydrogens is 290 g/mol. The van der Waals surface area contributed by atoms with E-state index in [-0.39, 0.29) is 6.04 Å². The maximum absolute atomic E-state index is 11.7. The van der Waals surface area contributed by atoms with Gasteiger partial charge in [-0.05, 0) is 27.2 Å². The van der Waals surface area contributed by atoms with Crippen molar-refractivity contribution in [3.8, 4) is 0 Å². The summed E-state index contributed by atoms with van der Waals surface area (Å²) in [5.41, 5.74) is 2.30. The molecule has 0 aliphatic carbocycles. The molecule has 0 bridgehead atoms. The Kier molecular flexibility index (Phi) is 5.18. The Balaban J connectivity index is 1.79. The van der Waals surface area contributed by atoms with Gasteiger partial charge in [0.25, 0.3) is 0 Å². The molecule has 2 atom stereocenters. The molecule has 6 nitrogen and oxygen atoms in total. The fourth-order valence-electron chi connectivity index (χ4n) is 2.31. The van der Waals surface area contributed by atoms with Crippen molar-refractivity contribution in [2.24, 2.45) is 0 Å². The van der Waals surface area contributed by atoms with Crippen LogP contribution in [0.25, 0.3) is 0 Å². The Bertz CT molecular complexity index is 459. The van der Waals surface area contributed by atoms with Crippen molar-refractivity contribution in [3.63, 3.8) is 0 Å². The van der Waals surface area contributed by atoms with E-state index in [4.69, 9.17) is 4.74 Å². The standard InChI is InChI=1S/C14H23N3O3S/c1-14(2,3)20-13(19)16-11-4-5-17(7-12(11)18)6-10-8-21-9-15-10/h8-9,11-12,18H,4-7H2,1-3H3,(H,16,19)/t11-,12+/m0/s1. The van der Waals surface area contributed by atoms with Crippen LogP contribution in [-0.4, -0.2) is 51.9 Å². The quantitative estimate of drug-likeness (QED) is 0.886. The lowest BCUT2D eigenvalue weighted by atomic mass is 10.0. The van der Waals surface area contributed by atoms with Crippen LogP contribution in [0.4, 0.5) is 4.79 Å². The molecule has 0 saturated carbocycles. The number of nitrogens with zero attached hydrogens (tertiary/aromatic N) is 2. The predicted octanol–water partition coefficient (Wildman–Crippen LogP) is 1.60. The third-order valence-corrected chi connectivity index (χ3v) is 3.87. The summed E-state index contributed by atoms with van der Waals surface area (Å²) in [5, 5.41) is 14.9. The van der Waals surface area contributed by atoms with E-state index in [1.165, 1.54) is 0 Å². The minimum atomic E-state index is -0.593. The number of thiazole rings is 1. The normalized spacial score (nSPS) is 23.8. The Labute approximate surface area is 129 Å². The highest BCUT2D eigenvalue weighted by atomic mass is 32.1. The van der Waals surface area contributed by atoms with Crippen LogP contribution in [0.1, 0.15) is 32.9 Å². The van der Waals surface area contributed by atoms with Crippen LogP contribution >= 0.6 is 11.3 Å². The molecule has 2 N–H and O–H groups in total. The molecule has 0 radical (unpaired) electrons. The van der Waals surface area contributed by atoms with E-state index in [1.807, 2.05) is 31.7 Å². The number of carbonyl (C=O) groups excluding carboxylic acids is 1. The number of aromatic nitrogens is 1. The highest BCUT2D eigenvalue weighted by molar-refractivity contribution is 7.07. The summed E-state index contributed by atoms with van der Waals surface area (Å²) in [6.07, 6.45) is -0.366. The molecule has 1 fully saturated rings. The molecule has 7 heteroatoms. The number of β-amino-alcohol motifs (C(OH)–C–C–N with tert-alkyl or cyclic N) is 1. The third-order valence-electron chi connectivity index (χ3n) is 3.24. The van der Waals surface area contributed by atoms with E-state index in [0.717, 1.165) is 18.8 Å². The first-order chi connectivity index (χ1) is 9.83. The average molecular weight is 313 g/mol. The average Bonchev–Trinajstić information content (AvgIpc) is 2.83. The maximum atomic E-state index is 11.7. The van der Waals surface area contributed by atoms with Gasteiger partial charge in [0.1, 0.15) is 5.60 Å². The second kappa shape index (κ2) is 6.72. The number of likely N-dealkylation sites (tertiary alicyclic amines) is 1. The highest BCUT2D eigenvalue weighted by Crippen LogP contribution is 2.15. The van der Waals surface area contributed by atoms with E-state index in [9.17, 15) is 9.90 Å². The Hall–Kier alpha value is -1.18. The molecule has 0 aromatic carbocycles. The van der Waals surface area contributed by atoms with Gasteiger partial charge < -0.3 is 15.2 Å². The summed E-state index contributed by atoms with van der Waals surface area (Å²) in [7, 11) is 0. The van der Waals surface area contributed by atoms with Gasteiger partial charge in [-0.1, -0.05) is 0 Å². The van der Waals surface area contributed by atoms with Crippen molar-refractivity contribution in [3.05, 3.63) is 16.6 Å². The van der Waals surface area contributed by atoms with Crippen LogP contribution in [-0.2, 0) is 11.3 Å². The zero-order chi connectivity index (χ0) is 15.5. The monoisotopic (exact) mass is 313 g/mol. The molecule has 1 aliphatic heterocycles. The lowest BCUT2D eigenvalue weighted by Gasteiger charge is -2.36. The summed E-state index contributed by atoms with van der Waals surface area (Å²) < 4.78 is 5.22. The Morgan fingerprint density at radius 2 is 2.38 bits per heavy atom. The van der Waals surface area contributed by atoms with E-state index < -0.39 is 17.8 Å². The van der Waals surface area contributed by atoms with Gasteiger partial charge in [-0.2, -0.15) is 0 Å². The van der Waals surface area contributed by atoms with E-state index >= 15 is 0 Å². The molecule has 0 spiro atoms. The predicted molar refractivity (Wildman–Crippen MR) is 81.2 cm³/mol. The topological polar surface area (TPSA) is 74.7 Å². The number of alkyl carbamates (subject to hydrolysis) is 1. The molecule has 0 unspecified atom stereocenters. The molecule has 1 saturated heterocycles. The van der Waals surface area contributed by atoms with Crippen molar-refractivity contribution >= 4 is 17.4 Å². The molecule has 1 amide bonds. The summed E-state index contributed by atoms with van der Waals surface area (Å²) >= 11 is 1.57. The van der Waals surface area contributed by atoms with Crippen LogP contribution in [0.2, 0.25) is 0 Å². The Morgan fingerprint density at radius 1 is 1.62 bits per heavy atom. The van der Waals surface area contributed by atoms with Gasteiger partial charge in [-0.15, -0.1) is 11.3 Å². The van der Waals surface area contributed by atoms with Crippen molar-refractivity contribution in [2.45, 2.75) is 51.5 Å². The van der Waals surface area contributed by atoms with Crippen LogP contribution in [0.15, 0.2) is 10.9 Å². The summed E-state index contributed by atoms with van der Waals surface area (Å²) in [5.74, 6) is 0. The van der Waals surface area contributed by atoms with Gasteiger partial charge in [0, 0.05) is 25.0 Å². The first-order valence-electron chi connectivity index (χ1n) is 7.10. The van der Waals surface area contributed by atoms with Gasteiger partial charge >= 0.3 is 6.09 Å². The minimum absolute atomic E-state index is 0.258. The number of hydrogen-bond acceptors (Lipinski definition) is 6.